The smallest absolute Gasteiger partial charge is 0.256 e. The molecule has 0 aliphatic heterocycles. The fourth-order valence-electron chi connectivity index (χ4n) is 0.970. The van der Waals surface area contributed by atoms with E-state index in [4.69, 9.17) is 11.6 Å². The maximum Gasteiger partial charge on any atom is 0.523 e. The number of rotatable bonds is 4. The van der Waals surface area contributed by atoms with Gasteiger partial charge in [-0.05, 0) is 22.0 Å². The van der Waals surface area contributed by atoms with E-state index in [9.17, 15) is 30.4 Å². The Labute approximate surface area is 123 Å². The molecule has 0 fully saturated rings. The Morgan fingerprint density at radius 3 is 2.30 bits per heavy atom. The van der Waals surface area contributed by atoms with Crippen molar-refractivity contribution in [2.75, 3.05) is 6.61 Å². The highest BCUT2D eigenvalue weighted by atomic mass is 79.9. The average Bonchev–Trinajstić information content (AvgIpc) is 2.24. The van der Waals surface area contributed by atoms with Crippen LogP contribution in [0.2, 0.25) is 5.02 Å². The van der Waals surface area contributed by atoms with Crippen LogP contribution in [0.1, 0.15) is 5.69 Å². The lowest BCUT2D eigenvalue weighted by molar-refractivity contribution is -0.0761. The van der Waals surface area contributed by atoms with Gasteiger partial charge in [0.15, 0.2) is 0 Å². The molecule has 12 heteroatoms. The van der Waals surface area contributed by atoms with Gasteiger partial charge in [0.1, 0.15) is 12.3 Å². The Morgan fingerprint density at radius 2 is 1.85 bits per heavy atom. The summed E-state index contributed by atoms with van der Waals surface area (Å²) in [7, 11) is -6.12. The first-order valence-corrected chi connectivity index (χ1v) is 7.10. The molecule has 1 heterocycles. The van der Waals surface area contributed by atoms with Crippen molar-refractivity contribution >= 4 is 37.6 Å². The lowest BCUT2D eigenvalue weighted by atomic mass is 10.2. The second-order valence-corrected chi connectivity index (χ2v) is 6.28. The van der Waals surface area contributed by atoms with E-state index in [0.717, 1.165) is 12.3 Å². The van der Waals surface area contributed by atoms with Gasteiger partial charge >= 0.3 is 21.5 Å². The number of pyridine rings is 1. The van der Waals surface area contributed by atoms with Crippen molar-refractivity contribution in [1.82, 2.24) is 4.98 Å². The normalized spacial score (nSPS) is 13.6. The van der Waals surface area contributed by atoms with Gasteiger partial charge in [-0.3, -0.25) is 9.17 Å². The summed E-state index contributed by atoms with van der Waals surface area (Å²) in [4.78, 5) is 3.23. The average molecular weight is 405 g/mol. The molecule has 0 bridgehead atoms. The Bertz CT molecular complexity index is 607. The third-order valence-electron chi connectivity index (χ3n) is 1.83. The van der Waals surface area contributed by atoms with Crippen LogP contribution in [-0.4, -0.2) is 25.5 Å². The number of halogens is 7. The first-order chi connectivity index (χ1) is 8.87. The fraction of sp³-hybridized carbons (Fsp3) is 0.375. The molecule has 20 heavy (non-hydrogen) atoms. The monoisotopic (exact) mass is 403 g/mol. The van der Waals surface area contributed by atoms with Crippen LogP contribution < -0.4 is 0 Å². The Morgan fingerprint density at radius 1 is 1.30 bits per heavy atom. The predicted molar refractivity (Wildman–Crippen MR) is 61.8 cm³/mol. The number of hydrogen-bond donors (Lipinski definition) is 0. The maximum absolute atomic E-state index is 13.5. The number of alkyl halides is 5. The van der Waals surface area contributed by atoms with E-state index < -0.39 is 38.9 Å². The molecule has 0 radical (unpaired) electrons. The zero-order chi connectivity index (χ0) is 15.8. The van der Waals surface area contributed by atoms with Gasteiger partial charge in [0.2, 0.25) is 0 Å². The van der Waals surface area contributed by atoms with E-state index in [1.165, 1.54) is 0 Å². The highest BCUT2D eigenvalue weighted by Crippen LogP contribution is 2.35. The summed E-state index contributed by atoms with van der Waals surface area (Å²) >= 11 is 8.35. The van der Waals surface area contributed by atoms with Gasteiger partial charge in [-0.15, -0.1) is 0 Å². The zero-order valence-electron chi connectivity index (χ0n) is 9.09. The molecule has 1 aromatic heterocycles. The van der Waals surface area contributed by atoms with Crippen LogP contribution in [0.4, 0.5) is 22.0 Å². The van der Waals surface area contributed by atoms with E-state index in [1.807, 2.05) is 0 Å². The van der Waals surface area contributed by atoms with Crippen LogP contribution in [0.15, 0.2) is 16.7 Å². The van der Waals surface area contributed by atoms with Gasteiger partial charge in [0.25, 0.3) is 0 Å². The number of aromatic nitrogens is 1. The van der Waals surface area contributed by atoms with E-state index in [0.29, 0.717) is 0 Å². The summed E-state index contributed by atoms with van der Waals surface area (Å²) in [5, 5.41) is -0.558. The van der Waals surface area contributed by atoms with Gasteiger partial charge in [-0.1, -0.05) is 11.6 Å². The summed E-state index contributed by atoms with van der Waals surface area (Å²) in [6.45, 7) is -2.07. The van der Waals surface area contributed by atoms with Crippen molar-refractivity contribution < 1.29 is 34.6 Å². The third-order valence-corrected chi connectivity index (χ3v) is 3.55. The molecule has 1 rings (SSSR count). The molecule has 0 aliphatic rings. The molecular weight excluding hydrogens is 401 g/mol. The second-order valence-electron chi connectivity index (χ2n) is 3.35. The zero-order valence-corrected chi connectivity index (χ0v) is 12.2. The fourth-order valence-corrected chi connectivity index (χ4v) is 2.17. The Balaban J connectivity index is 2.96. The quantitative estimate of drug-likeness (QED) is 0.438. The van der Waals surface area contributed by atoms with Crippen LogP contribution >= 0.6 is 27.5 Å². The second kappa shape index (κ2) is 5.70. The summed E-state index contributed by atoms with van der Waals surface area (Å²) in [6.07, 6.45) is 0.924. The van der Waals surface area contributed by atoms with Crippen molar-refractivity contribution in [3.63, 3.8) is 0 Å². The summed E-state index contributed by atoms with van der Waals surface area (Å²) in [6, 6.07) is 1.02. The van der Waals surface area contributed by atoms with E-state index in [2.05, 4.69) is 25.1 Å². The lowest BCUT2D eigenvalue weighted by Crippen LogP contribution is -2.31. The SMILES string of the molecule is O=S(=O)(OCC(F)(F)c1ncc(Br)cc1Cl)C(F)(F)F. The van der Waals surface area contributed by atoms with Gasteiger partial charge in [0, 0.05) is 10.7 Å². The van der Waals surface area contributed by atoms with Gasteiger partial charge in [0.05, 0.1) is 5.02 Å². The molecule has 0 atom stereocenters. The highest BCUT2D eigenvalue weighted by molar-refractivity contribution is 9.10. The molecule has 0 amide bonds. The van der Waals surface area contributed by atoms with Crippen molar-refractivity contribution in [3.05, 3.63) is 27.5 Å². The van der Waals surface area contributed by atoms with Crippen LogP contribution in [0.5, 0.6) is 0 Å². The van der Waals surface area contributed by atoms with E-state index in [-0.39, 0.29) is 4.47 Å². The van der Waals surface area contributed by atoms with Gasteiger partial charge < -0.3 is 0 Å². The Kier molecular flexibility index (Phi) is 4.99. The molecule has 4 nitrogen and oxygen atoms in total. The first-order valence-electron chi connectivity index (χ1n) is 4.52. The van der Waals surface area contributed by atoms with E-state index >= 15 is 0 Å². The molecule has 0 N–H and O–H groups in total. The minimum absolute atomic E-state index is 0.255. The summed E-state index contributed by atoms with van der Waals surface area (Å²) in [5.41, 5.74) is -6.89. The molecule has 0 saturated heterocycles. The van der Waals surface area contributed by atoms with Crippen LogP contribution in [0, 0.1) is 0 Å². The standard InChI is InChI=1S/C8H4BrClF5NO3S/c9-4-1-5(10)6(16-2-4)7(11,12)3-19-20(17,18)8(13,14)15/h1-2H,3H2. The Hall–Kier alpha value is -0.520. The molecule has 0 saturated carbocycles. The maximum atomic E-state index is 13.5. The van der Waals surface area contributed by atoms with Crippen LogP contribution in [0.3, 0.4) is 0 Å². The van der Waals surface area contributed by atoms with Crippen molar-refractivity contribution in [2.24, 2.45) is 0 Å². The minimum atomic E-state index is -6.12. The summed E-state index contributed by atoms with van der Waals surface area (Å²) in [5.74, 6) is -4.11. The molecule has 114 valence electrons. The number of hydrogen-bond acceptors (Lipinski definition) is 4. The number of nitrogens with zero attached hydrogens (tertiary/aromatic N) is 1. The largest absolute Gasteiger partial charge is 0.523 e. The molecular formula is C8H4BrClF5NO3S. The van der Waals surface area contributed by atoms with Crippen molar-refractivity contribution in [2.45, 2.75) is 11.4 Å². The third kappa shape index (κ3) is 3.99. The first kappa shape index (κ1) is 17.5. The molecule has 0 aliphatic carbocycles. The van der Waals surface area contributed by atoms with Crippen LogP contribution in [-0.2, 0) is 20.2 Å². The lowest BCUT2D eigenvalue weighted by Gasteiger charge is -2.17. The molecule has 0 unspecified atom stereocenters. The topological polar surface area (TPSA) is 56.3 Å². The molecule has 0 spiro atoms. The van der Waals surface area contributed by atoms with Crippen LogP contribution in [0.25, 0.3) is 0 Å². The van der Waals surface area contributed by atoms with Gasteiger partial charge in [-0.25, -0.2) is 0 Å². The minimum Gasteiger partial charge on any atom is -0.256 e. The van der Waals surface area contributed by atoms with Crippen molar-refractivity contribution in [1.29, 1.82) is 0 Å². The molecule has 0 aromatic carbocycles. The predicted octanol–water partition coefficient (Wildman–Crippen LogP) is 3.46. The van der Waals surface area contributed by atoms with Gasteiger partial charge in [-0.2, -0.15) is 30.4 Å². The highest BCUT2D eigenvalue weighted by Gasteiger charge is 2.49. The molecule has 1 aromatic rings. The summed E-state index contributed by atoms with van der Waals surface area (Å²) < 4.78 is 87.5. The van der Waals surface area contributed by atoms with E-state index in [1.54, 1.807) is 0 Å². The van der Waals surface area contributed by atoms with Crippen molar-refractivity contribution in [3.8, 4) is 0 Å².